The number of primary amides is 1. The van der Waals surface area contributed by atoms with Crippen LogP contribution in [0, 0.1) is 0 Å². The summed E-state index contributed by atoms with van der Waals surface area (Å²) in [4.78, 5) is 96.5. The van der Waals surface area contributed by atoms with E-state index in [0.717, 1.165) is 17.1 Å². The molecule has 41 heavy (non-hydrogen) atoms. The fraction of sp³-hybridized carbons (Fsp3) is 0.583. The van der Waals surface area contributed by atoms with E-state index in [1.165, 1.54) is 6.92 Å². The summed E-state index contributed by atoms with van der Waals surface area (Å²) in [5.41, 5.74) is 4.08. The van der Waals surface area contributed by atoms with Crippen molar-refractivity contribution in [3.8, 4) is 0 Å². The van der Waals surface area contributed by atoms with E-state index in [9.17, 15) is 43.5 Å². The highest BCUT2D eigenvalue weighted by Crippen LogP contribution is 2.10. The molecule has 17 nitrogen and oxygen atoms in total. The molecule has 1 heterocycles. The molecule has 0 fully saturated rings. The predicted molar refractivity (Wildman–Crippen MR) is 140 cm³/mol. The molecule has 0 aromatic carbocycles. The number of carbonyl (C=O) groups excluding carboxylic acids is 8. The van der Waals surface area contributed by atoms with Gasteiger partial charge in [0.1, 0.15) is 17.9 Å². The normalized spacial score (nSPS) is 15.0. The summed E-state index contributed by atoms with van der Waals surface area (Å²) in [5.74, 6) is -5.81. The zero-order valence-electron chi connectivity index (χ0n) is 23.3. The summed E-state index contributed by atoms with van der Waals surface area (Å²) >= 11 is 0. The largest absolute Gasteiger partial charge is 0.460 e. The van der Waals surface area contributed by atoms with Gasteiger partial charge in [-0.2, -0.15) is 0 Å². The topological polar surface area (TPSA) is 255 Å². The van der Waals surface area contributed by atoms with Crippen molar-refractivity contribution in [2.24, 2.45) is 5.73 Å². The maximum atomic E-state index is 12.7. The van der Waals surface area contributed by atoms with Crippen LogP contribution in [-0.4, -0.2) is 107 Å². The molecular formula is C24H37N7O10. The molecule has 0 aliphatic carbocycles. The minimum absolute atomic E-state index is 0.251. The molecule has 1 aliphatic heterocycles. The van der Waals surface area contributed by atoms with Gasteiger partial charge in [0.05, 0.1) is 32.1 Å². The van der Waals surface area contributed by atoms with Crippen LogP contribution in [0.25, 0.3) is 0 Å². The zero-order chi connectivity index (χ0) is 31.3. The lowest BCUT2D eigenvalue weighted by Crippen LogP contribution is -2.53. The number of nitrogens with zero attached hydrogens (tertiary/aromatic N) is 1. The molecule has 228 valence electrons. The van der Waals surface area contributed by atoms with Crippen LogP contribution in [0.3, 0.4) is 0 Å². The van der Waals surface area contributed by atoms with Gasteiger partial charge in [0.2, 0.25) is 29.5 Å². The fourth-order valence-electron chi connectivity index (χ4n) is 3.19. The van der Waals surface area contributed by atoms with Crippen LogP contribution in [0.1, 0.15) is 40.5 Å². The predicted octanol–water partition coefficient (Wildman–Crippen LogP) is -4.35. The Labute approximate surface area is 235 Å². The second-order valence-electron chi connectivity index (χ2n) is 9.96. The van der Waals surface area contributed by atoms with E-state index in [1.807, 2.05) is 0 Å². The fourth-order valence-corrected chi connectivity index (χ4v) is 3.19. The molecule has 0 aromatic rings. The number of aliphatic hydroxyl groups is 1. The van der Waals surface area contributed by atoms with Crippen molar-refractivity contribution < 1.29 is 48.2 Å². The maximum absolute atomic E-state index is 12.7. The molecule has 0 radical (unpaired) electrons. The minimum Gasteiger partial charge on any atom is -0.460 e. The molecule has 2 unspecified atom stereocenters. The second kappa shape index (κ2) is 16.0. The Balaban J connectivity index is 2.62. The van der Waals surface area contributed by atoms with Crippen LogP contribution >= 0.6 is 0 Å². The lowest BCUT2D eigenvalue weighted by Gasteiger charge is -2.23. The Morgan fingerprint density at radius 2 is 1.51 bits per heavy atom. The average molecular weight is 584 g/mol. The molecule has 1 aliphatic rings. The molecule has 3 atom stereocenters. The van der Waals surface area contributed by atoms with Gasteiger partial charge in [0, 0.05) is 25.1 Å². The number of esters is 1. The van der Waals surface area contributed by atoms with Crippen LogP contribution in [0.15, 0.2) is 12.2 Å². The van der Waals surface area contributed by atoms with E-state index in [2.05, 4.69) is 26.6 Å². The highest BCUT2D eigenvalue weighted by Gasteiger charge is 2.29. The van der Waals surface area contributed by atoms with Crippen LogP contribution in [0.4, 0.5) is 0 Å². The number of carbonyl (C=O) groups is 8. The Hall–Kier alpha value is -4.38. The van der Waals surface area contributed by atoms with Crippen LogP contribution in [-0.2, 0) is 43.1 Å². The quantitative estimate of drug-likeness (QED) is 0.0519. The van der Waals surface area contributed by atoms with Gasteiger partial charge in [-0.3, -0.25) is 48.6 Å². The Morgan fingerprint density at radius 3 is 2.07 bits per heavy atom. The van der Waals surface area contributed by atoms with Crippen molar-refractivity contribution >= 4 is 47.3 Å². The molecule has 0 bridgehead atoms. The first kappa shape index (κ1) is 34.6. The number of hydrogen-bond acceptors (Lipinski definition) is 11. The highest BCUT2D eigenvalue weighted by molar-refractivity contribution is 6.13. The summed E-state index contributed by atoms with van der Waals surface area (Å²) < 4.78 is 5.19. The third-order valence-electron chi connectivity index (χ3n) is 5.12. The molecular weight excluding hydrogens is 546 g/mol. The molecule has 7 amide bonds. The Bertz CT molecular complexity index is 1050. The third-order valence-corrected chi connectivity index (χ3v) is 5.12. The molecule has 0 aromatic heterocycles. The lowest BCUT2D eigenvalue weighted by molar-refractivity contribution is -0.156. The summed E-state index contributed by atoms with van der Waals surface area (Å²) in [6.45, 7) is 4.56. The number of rotatable bonds is 16. The monoisotopic (exact) mass is 583 g/mol. The van der Waals surface area contributed by atoms with E-state index in [1.54, 1.807) is 20.8 Å². The van der Waals surface area contributed by atoms with Gasteiger partial charge >= 0.3 is 5.97 Å². The maximum Gasteiger partial charge on any atom is 0.308 e. The Morgan fingerprint density at radius 1 is 0.927 bits per heavy atom. The average Bonchev–Trinajstić information content (AvgIpc) is 3.18. The summed E-state index contributed by atoms with van der Waals surface area (Å²) in [5, 5.41) is 21.4. The number of hydrogen-bond donors (Lipinski definition) is 7. The number of nitrogens with two attached hydrogens (primary N) is 1. The molecule has 0 spiro atoms. The first-order valence-electron chi connectivity index (χ1n) is 12.6. The van der Waals surface area contributed by atoms with E-state index in [-0.39, 0.29) is 19.5 Å². The minimum atomic E-state index is -1.45. The summed E-state index contributed by atoms with van der Waals surface area (Å²) in [6, 6.07) is -2.29. The number of nitrogens with one attached hydrogen (secondary N) is 5. The van der Waals surface area contributed by atoms with Crippen molar-refractivity contribution in [3.05, 3.63) is 12.2 Å². The van der Waals surface area contributed by atoms with Crippen molar-refractivity contribution in [3.63, 3.8) is 0 Å². The van der Waals surface area contributed by atoms with Crippen molar-refractivity contribution in [2.45, 2.75) is 64.4 Å². The van der Waals surface area contributed by atoms with E-state index < -0.39 is 90.7 Å². The van der Waals surface area contributed by atoms with Crippen LogP contribution in [0.2, 0.25) is 0 Å². The van der Waals surface area contributed by atoms with Gasteiger partial charge in [-0.05, 0) is 27.7 Å². The van der Waals surface area contributed by atoms with E-state index >= 15 is 0 Å². The molecule has 8 N–H and O–H groups in total. The first-order chi connectivity index (χ1) is 19.0. The number of amides is 7. The summed E-state index contributed by atoms with van der Waals surface area (Å²) in [7, 11) is 0. The second-order valence-corrected chi connectivity index (χ2v) is 9.96. The molecule has 0 saturated carbocycles. The molecule has 17 heteroatoms. The smallest absolute Gasteiger partial charge is 0.308 e. The van der Waals surface area contributed by atoms with E-state index in [0.29, 0.717) is 0 Å². The van der Waals surface area contributed by atoms with Gasteiger partial charge in [-0.15, -0.1) is 0 Å². The van der Waals surface area contributed by atoms with Gasteiger partial charge in [-0.1, -0.05) is 0 Å². The van der Waals surface area contributed by atoms with Gasteiger partial charge < -0.3 is 36.8 Å². The SMILES string of the molecule is C[C@H](NC(=O)CNC(=O)CNC(=O)C(CC(=O)OC(C)(C)C)NC(=O)CCN1C(=O)C=CC1=O)C(O)NCC(N)=O. The number of ether oxygens (including phenoxy) is 1. The van der Waals surface area contributed by atoms with Crippen molar-refractivity contribution in [1.29, 1.82) is 0 Å². The van der Waals surface area contributed by atoms with Crippen LogP contribution in [0.5, 0.6) is 0 Å². The van der Waals surface area contributed by atoms with Crippen molar-refractivity contribution in [2.75, 3.05) is 26.2 Å². The van der Waals surface area contributed by atoms with Gasteiger partial charge in [0.25, 0.3) is 11.8 Å². The highest BCUT2D eigenvalue weighted by atomic mass is 16.6. The van der Waals surface area contributed by atoms with Gasteiger partial charge in [0.15, 0.2) is 0 Å². The first-order valence-corrected chi connectivity index (χ1v) is 12.6. The Kier molecular flexibility index (Phi) is 13.5. The standard InChI is InChI=1S/C24H37N7O10/c1-13(22(39)27-10-15(25)32)29-18(35)12-26-17(34)11-28-23(40)14(9-21(38)41-24(2,3)4)30-16(33)7-8-31-19(36)5-6-20(31)37/h5-6,13-14,22,27,39H,7-12H2,1-4H3,(H2,25,32)(H,26,34)(H,28,40)(H,29,35)(H,30,33)/t13-,14?,22?/m0/s1. The van der Waals surface area contributed by atoms with Crippen molar-refractivity contribution in [1.82, 2.24) is 31.5 Å². The van der Waals surface area contributed by atoms with E-state index in [4.69, 9.17) is 10.5 Å². The number of imide groups is 1. The van der Waals surface area contributed by atoms with Gasteiger partial charge in [-0.25, -0.2) is 0 Å². The summed E-state index contributed by atoms with van der Waals surface area (Å²) in [6.07, 6.45) is -0.0982. The third kappa shape index (κ3) is 14.0. The molecule has 0 saturated heterocycles. The lowest BCUT2D eigenvalue weighted by atomic mass is 10.1. The van der Waals surface area contributed by atoms with Crippen LogP contribution < -0.4 is 32.3 Å². The number of aliphatic hydroxyl groups excluding tert-OH is 1. The molecule has 1 rings (SSSR count). The zero-order valence-corrected chi connectivity index (χ0v) is 23.3.